The third kappa shape index (κ3) is 4.83. The summed E-state index contributed by atoms with van der Waals surface area (Å²) >= 11 is 1.67. The fourth-order valence-electron chi connectivity index (χ4n) is 1.18. The second-order valence-electron chi connectivity index (χ2n) is 3.79. The molecule has 1 aromatic rings. The number of aliphatic hydroxyl groups is 1. The van der Waals surface area contributed by atoms with Gasteiger partial charge in [0.25, 0.3) is 0 Å². The summed E-state index contributed by atoms with van der Waals surface area (Å²) in [7, 11) is 0. The molecule has 0 bridgehead atoms. The number of aliphatic hydroxyl groups excluding tert-OH is 1. The maximum Gasteiger partial charge on any atom is 0.374 e. The van der Waals surface area contributed by atoms with Crippen LogP contribution >= 0.6 is 11.8 Å². The summed E-state index contributed by atoms with van der Waals surface area (Å²) in [6.45, 7) is 4.28. The molecule has 0 fully saturated rings. The molecule has 0 aromatic carbocycles. The Morgan fingerprint density at radius 1 is 1.59 bits per heavy atom. The summed E-state index contributed by atoms with van der Waals surface area (Å²) in [6, 6.07) is 3.41. The molecule has 17 heavy (non-hydrogen) atoms. The largest absolute Gasteiger partial charge is 0.460 e. The number of thioether (sulfide) groups is 1. The molecule has 0 spiro atoms. The van der Waals surface area contributed by atoms with E-state index < -0.39 is 5.97 Å². The van der Waals surface area contributed by atoms with Gasteiger partial charge in [0, 0.05) is 6.61 Å². The number of ether oxygens (including phenoxy) is 1. The van der Waals surface area contributed by atoms with Gasteiger partial charge in [0.1, 0.15) is 5.76 Å². The van der Waals surface area contributed by atoms with Crippen LogP contribution in [0.2, 0.25) is 0 Å². The first-order valence-electron chi connectivity index (χ1n) is 5.61. The van der Waals surface area contributed by atoms with Crippen LogP contribution in [-0.4, -0.2) is 30.0 Å². The van der Waals surface area contributed by atoms with Gasteiger partial charge in [0.2, 0.25) is 5.76 Å². The van der Waals surface area contributed by atoms with E-state index in [4.69, 9.17) is 14.3 Å². The van der Waals surface area contributed by atoms with Crippen molar-refractivity contribution in [2.45, 2.75) is 19.6 Å². The molecule has 1 atom stereocenters. The Kier molecular flexibility index (Phi) is 6.15. The van der Waals surface area contributed by atoms with E-state index in [0.717, 1.165) is 11.5 Å². The van der Waals surface area contributed by atoms with E-state index in [1.807, 2.05) is 6.92 Å². The van der Waals surface area contributed by atoms with E-state index >= 15 is 0 Å². The predicted molar refractivity (Wildman–Crippen MR) is 67.1 cm³/mol. The lowest BCUT2D eigenvalue weighted by molar-refractivity contribution is 0.0488. The van der Waals surface area contributed by atoms with Crippen molar-refractivity contribution in [2.75, 3.05) is 19.0 Å². The van der Waals surface area contributed by atoms with E-state index in [9.17, 15) is 4.79 Å². The molecule has 0 aliphatic rings. The number of carbonyl (C=O) groups excluding carboxylic acids is 1. The van der Waals surface area contributed by atoms with Crippen LogP contribution < -0.4 is 0 Å². The maximum absolute atomic E-state index is 11.3. The monoisotopic (exact) mass is 258 g/mol. The van der Waals surface area contributed by atoms with Gasteiger partial charge in [-0.1, -0.05) is 6.92 Å². The second kappa shape index (κ2) is 7.40. The maximum atomic E-state index is 11.3. The molecule has 96 valence electrons. The van der Waals surface area contributed by atoms with Crippen LogP contribution in [0.5, 0.6) is 0 Å². The number of rotatable bonds is 7. The second-order valence-corrected chi connectivity index (χ2v) is 4.82. The Morgan fingerprint density at radius 2 is 2.35 bits per heavy atom. The summed E-state index contributed by atoms with van der Waals surface area (Å²) in [6.07, 6.45) is 0. The lowest BCUT2D eigenvalue weighted by atomic mass is 10.2. The summed E-state index contributed by atoms with van der Waals surface area (Å²) in [5, 5.41) is 8.87. The molecule has 1 aromatic heterocycles. The Hall–Kier alpha value is -0.940. The van der Waals surface area contributed by atoms with Gasteiger partial charge in [-0.15, -0.1) is 0 Å². The normalized spacial score (nSPS) is 12.4. The number of hydrogen-bond acceptors (Lipinski definition) is 5. The van der Waals surface area contributed by atoms with Crippen molar-refractivity contribution in [1.82, 2.24) is 0 Å². The standard InChI is InChI=1S/C12H18O4S/c1-3-15-12(14)11-5-4-10(16-11)8-17-7-9(2)6-13/h4-5,9,13H,3,6-8H2,1-2H3. The summed E-state index contributed by atoms with van der Waals surface area (Å²) < 4.78 is 10.2. The van der Waals surface area contributed by atoms with Crippen LogP contribution in [-0.2, 0) is 10.5 Å². The van der Waals surface area contributed by atoms with Crippen molar-refractivity contribution in [3.05, 3.63) is 23.7 Å². The highest BCUT2D eigenvalue weighted by molar-refractivity contribution is 7.98. The minimum absolute atomic E-state index is 0.194. The molecule has 1 rings (SSSR count). The van der Waals surface area contributed by atoms with Gasteiger partial charge in [-0.25, -0.2) is 4.79 Å². The topological polar surface area (TPSA) is 59.7 Å². The first-order chi connectivity index (χ1) is 8.17. The molecule has 4 nitrogen and oxygen atoms in total. The zero-order valence-electron chi connectivity index (χ0n) is 10.1. The first kappa shape index (κ1) is 14.1. The first-order valence-corrected chi connectivity index (χ1v) is 6.77. The minimum atomic E-state index is -0.424. The van der Waals surface area contributed by atoms with E-state index in [2.05, 4.69) is 0 Å². The molecule has 0 aliphatic heterocycles. The Morgan fingerprint density at radius 3 is 3.00 bits per heavy atom. The molecule has 5 heteroatoms. The SMILES string of the molecule is CCOC(=O)c1ccc(CSCC(C)CO)o1. The Bertz CT molecular complexity index is 348. The minimum Gasteiger partial charge on any atom is -0.460 e. The van der Waals surface area contributed by atoms with Crippen LogP contribution in [0.15, 0.2) is 16.5 Å². The van der Waals surface area contributed by atoms with Crippen LogP contribution in [0.25, 0.3) is 0 Å². The predicted octanol–water partition coefficient (Wildman–Crippen LogP) is 2.32. The zero-order valence-corrected chi connectivity index (χ0v) is 11.0. The highest BCUT2D eigenvalue weighted by Crippen LogP contribution is 2.18. The third-order valence-electron chi connectivity index (χ3n) is 2.10. The van der Waals surface area contributed by atoms with Crippen LogP contribution in [0.1, 0.15) is 30.2 Å². The summed E-state index contributed by atoms with van der Waals surface area (Å²) in [5.74, 6) is 2.42. The van der Waals surface area contributed by atoms with Gasteiger partial charge in [0.15, 0.2) is 0 Å². The molecule has 0 aliphatic carbocycles. The van der Waals surface area contributed by atoms with Crippen LogP contribution in [0.4, 0.5) is 0 Å². The molecule has 0 saturated heterocycles. The molecule has 0 radical (unpaired) electrons. The molecular formula is C12H18O4S. The smallest absolute Gasteiger partial charge is 0.374 e. The Balaban J connectivity index is 2.38. The van der Waals surface area contributed by atoms with E-state index in [-0.39, 0.29) is 18.3 Å². The number of hydrogen-bond donors (Lipinski definition) is 1. The highest BCUT2D eigenvalue weighted by Gasteiger charge is 2.12. The van der Waals surface area contributed by atoms with E-state index in [0.29, 0.717) is 12.4 Å². The fourth-order valence-corrected chi connectivity index (χ4v) is 2.16. The molecule has 1 N–H and O–H groups in total. The molecule has 0 saturated carbocycles. The van der Waals surface area contributed by atoms with Crippen molar-refractivity contribution in [1.29, 1.82) is 0 Å². The Labute approximate surface area is 105 Å². The average Bonchev–Trinajstić information content (AvgIpc) is 2.78. The molecule has 1 unspecified atom stereocenters. The van der Waals surface area contributed by atoms with Gasteiger partial charge in [-0.05, 0) is 30.7 Å². The van der Waals surface area contributed by atoms with Crippen molar-refractivity contribution in [3.8, 4) is 0 Å². The molecular weight excluding hydrogens is 240 g/mol. The quantitative estimate of drug-likeness (QED) is 0.760. The number of furan rings is 1. The fraction of sp³-hybridized carbons (Fsp3) is 0.583. The van der Waals surface area contributed by atoms with Crippen molar-refractivity contribution >= 4 is 17.7 Å². The van der Waals surface area contributed by atoms with Gasteiger partial charge in [-0.3, -0.25) is 0 Å². The van der Waals surface area contributed by atoms with Gasteiger partial charge < -0.3 is 14.3 Å². The average molecular weight is 258 g/mol. The number of carbonyl (C=O) groups is 1. The molecule has 1 heterocycles. The van der Waals surface area contributed by atoms with Crippen LogP contribution in [0.3, 0.4) is 0 Å². The third-order valence-corrected chi connectivity index (χ3v) is 3.39. The lowest BCUT2D eigenvalue weighted by Gasteiger charge is -2.05. The van der Waals surface area contributed by atoms with Gasteiger partial charge in [-0.2, -0.15) is 11.8 Å². The van der Waals surface area contributed by atoms with Crippen molar-refractivity contribution in [3.63, 3.8) is 0 Å². The molecule has 0 amide bonds. The van der Waals surface area contributed by atoms with Crippen LogP contribution in [0, 0.1) is 5.92 Å². The van der Waals surface area contributed by atoms with Crippen molar-refractivity contribution < 1.29 is 19.1 Å². The van der Waals surface area contributed by atoms with E-state index in [1.165, 1.54) is 0 Å². The lowest BCUT2D eigenvalue weighted by Crippen LogP contribution is -2.03. The summed E-state index contributed by atoms with van der Waals surface area (Å²) in [5.41, 5.74) is 0. The van der Waals surface area contributed by atoms with Crippen molar-refractivity contribution in [2.24, 2.45) is 5.92 Å². The zero-order chi connectivity index (χ0) is 12.7. The van der Waals surface area contributed by atoms with Gasteiger partial charge in [0.05, 0.1) is 12.4 Å². The van der Waals surface area contributed by atoms with Gasteiger partial charge >= 0.3 is 5.97 Å². The summed E-state index contributed by atoms with van der Waals surface area (Å²) in [4.78, 5) is 11.3. The highest BCUT2D eigenvalue weighted by atomic mass is 32.2. The van der Waals surface area contributed by atoms with E-state index in [1.54, 1.807) is 30.8 Å². The number of esters is 1.